The van der Waals surface area contributed by atoms with E-state index < -0.39 is 5.97 Å². The van der Waals surface area contributed by atoms with Gasteiger partial charge in [-0.2, -0.15) is 4.98 Å². The molecule has 0 spiro atoms. The van der Waals surface area contributed by atoms with Crippen molar-refractivity contribution in [2.24, 2.45) is 0 Å². The van der Waals surface area contributed by atoms with Crippen molar-refractivity contribution >= 4 is 12.0 Å². The summed E-state index contributed by atoms with van der Waals surface area (Å²) in [6.07, 6.45) is 7.86. The third kappa shape index (κ3) is 3.77. The maximum atomic E-state index is 11.6. The minimum Gasteiger partial charge on any atom is -0.473 e. The molecule has 23 heavy (non-hydrogen) atoms. The Kier molecular flexibility index (Phi) is 4.70. The Morgan fingerprint density at radius 3 is 2.91 bits per heavy atom. The molecule has 1 saturated heterocycles. The molecule has 2 aromatic heterocycles. The first-order valence-electron chi connectivity index (χ1n) is 7.56. The van der Waals surface area contributed by atoms with Crippen LogP contribution in [0.3, 0.4) is 0 Å². The van der Waals surface area contributed by atoms with Gasteiger partial charge in [0, 0.05) is 38.3 Å². The molecule has 0 saturated carbocycles. The van der Waals surface area contributed by atoms with Crippen molar-refractivity contribution in [3.8, 4) is 5.88 Å². The second-order valence-corrected chi connectivity index (χ2v) is 5.08. The first-order valence-corrected chi connectivity index (χ1v) is 7.56. The fourth-order valence-corrected chi connectivity index (χ4v) is 2.39. The first kappa shape index (κ1) is 15.3. The highest BCUT2D eigenvalue weighted by Crippen LogP contribution is 2.22. The van der Waals surface area contributed by atoms with Crippen LogP contribution in [0, 0.1) is 0 Å². The summed E-state index contributed by atoms with van der Waals surface area (Å²) in [4.78, 5) is 25.9. The number of piperidine rings is 1. The lowest BCUT2D eigenvalue weighted by Crippen LogP contribution is -2.38. The Morgan fingerprint density at radius 1 is 1.39 bits per heavy atom. The van der Waals surface area contributed by atoms with Crippen LogP contribution < -0.4 is 9.64 Å². The zero-order valence-electron chi connectivity index (χ0n) is 12.8. The Bertz CT molecular complexity index is 638. The van der Waals surface area contributed by atoms with Gasteiger partial charge in [0.1, 0.15) is 12.4 Å². The number of carbonyl (C=O) groups excluding carboxylic acids is 1. The average Bonchev–Trinajstić information content (AvgIpc) is 3.07. The first-order chi connectivity index (χ1) is 11.3. The van der Waals surface area contributed by atoms with Crippen molar-refractivity contribution in [1.29, 1.82) is 0 Å². The van der Waals surface area contributed by atoms with E-state index in [9.17, 15) is 4.79 Å². The van der Waals surface area contributed by atoms with Gasteiger partial charge in [-0.3, -0.25) is 4.98 Å². The van der Waals surface area contributed by atoms with Crippen LogP contribution in [0.15, 0.2) is 29.3 Å². The monoisotopic (exact) mass is 318 g/mol. The van der Waals surface area contributed by atoms with Crippen LogP contribution in [0.1, 0.15) is 30.3 Å². The van der Waals surface area contributed by atoms with Crippen LogP contribution in [0.2, 0.25) is 0 Å². The number of ether oxygens (including phenoxy) is 2. The quantitative estimate of drug-likeness (QED) is 0.769. The molecular formula is C15H18N4O4. The summed E-state index contributed by atoms with van der Waals surface area (Å²) in [5, 5.41) is 0. The van der Waals surface area contributed by atoms with E-state index in [1.54, 1.807) is 25.5 Å². The SMILES string of the molecule is CCOC(=O)c1coc(N2CCC(Oc3cnccn3)CC2)n1. The lowest BCUT2D eigenvalue weighted by molar-refractivity contribution is 0.0519. The summed E-state index contributed by atoms with van der Waals surface area (Å²) >= 11 is 0. The lowest BCUT2D eigenvalue weighted by Gasteiger charge is -2.30. The fraction of sp³-hybridized carbons (Fsp3) is 0.467. The van der Waals surface area contributed by atoms with Gasteiger partial charge < -0.3 is 18.8 Å². The number of oxazole rings is 1. The molecule has 1 aliphatic rings. The van der Waals surface area contributed by atoms with Crippen molar-refractivity contribution in [2.45, 2.75) is 25.9 Å². The van der Waals surface area contributed by atoms with Crippen LogP contribution in [0.5, 0.6) is 5.88 Å². The fourth-order valence-electron chi connectivity index (χ4n) is 2.39. The van der Waals surface area contributed by atoms with E-state index in [1.165, 1.54) is 6.26 Å². The molecule has 1 aliphatic heterocycles. The minimum atomic E-state index is -0.469. The highest BCUT2D eigenvalue weighted by Gasteiger charge is 2.25. The number of hydrogen-bond acceptors (Lipinski definition) is 8. The van der Waals surface area contributed by atoms with Crippen LogP contribution in [-0.4, -0.2) is 46.7 Å². The molecule has 1 fully saturated rings. The van der Waals surface area contributed by atoms with Gasteiger partial charge in [0.25, 0.3) is 6.01 Å². The zero-order valence-corrected chi connectivity index (χ0v) is 12.8. The standard InChI is InChI=1S/C15H18N4O4/c1-2-21-14(20)12-10-22-15(18-12)19-7-3-11(4-8-19)23-13-9-16-5-6-17-13/h5-6,9-11H,2-4,7-8H2,1H3. The number of rotatable bonds is 5. The molecule has 0 aliphatic carbocycles. The molecule has 0 aromatic carbocycles. The van der Waals surface area contributed by atoms with Crippen molar-refractivity contribution in [3.63, 3.8) is 0 Å². The predicted octanol–water partition coefficient (Wildman–Crippen LogP) is 1.69. The second kappa shape index (κ2) is 7.08. The summed E-state index contributed by atoms with van der Waals surface area (Å²) < 4.78 is 16.1. The molecule has 0 atom stereocenters. The second-order valence-electron chi connectivity index (χ2n) is 5.08. The number of esters is 1. The molecule has 0 N–H and O–H groups in total. The Balaban J connectivity index is 1.54. The maximum absolute atomic E-state index is 11.6. The smallest absolute Gasteiger partial charge is 0.360 e. The van der Waals surface area contributed by atoms with Crippen molar-refractivity contribution < 1.29 is 18.7 Å². The zero-order chi connectivity index (χ0) is 16.1. The molecular weight excluding hydrogens is 300 g/mol. The van der Waals surface area contributed by atoms with Gasteiger partial charge in [0.05, 0.1) is 12.8 Å². The van der Waals surface area contributed by atoms with E-state index in [2.05, 4.69) is 15.0 Å². The van der Waals surface area contributed by atoms with Gasteiger partial charge in [0.15, 0.2) is 5.69 Å². The van der Waals surface area contributed by atoms with Gasteiger partial charge in [-0.1, -0.05) is 0 Å². The molecule has 8 heteroatoms. The van der Waals surface area contributed by atoms with Crippen LogP contribution in [0.25, 0.3) is 0 Å². The average molecular weight is 318 g/mol. The van der Waals surface area contributed by atoms with E-state index >= 15 is 0 Å². The molecule has 122 valence electrons. The van der Waals surface area contributed by atoms with Gasteiger partial charge in [-0.15, -0.1) is 0 Å². The summed E-state index contributed by atoms with van der Waals surface area (Å²) in [6.45, 7) is 3.52. The maximum Gasteiger partial charge on any atom is 0.360 e. The van der Waals surface area contributed by atoms with E-state index in [4.69, 9.17) is 13.9 Å². The Hall–Kier alpha value is -2.64. The van der Waals surface area contributed by atoms with Crippen LogP contribution in [-0.2, 0) is 4.74 Å². The van der Waals surface area contributed by atoms with E-state index in [0.717, 1.165) is 25.9 Å². The van der Waals surface area contributed by atoms with Gasteiger partial charge in [-0.05, 0) is 6.92 Å². The normalized spacial score (nSPS) is 15.4. The van der Waals surface area contributed by atoms with Gasteiger partial charge >= 0.3 is 5.97 Å². The minimum absolute atomic E-state index is 0.0856. The third-order valence-electron chi connectivity index (χ3n) is 3.52. The number of nitrogens with zero attached hydrogens (tertiary/aromatic N) is 4. The molecule has 8 nitrogen and oxygen atoms in total. The largest absolute Gasteiger partial charge is 0.473 e. The number of hydrogen-bond donors (Lipinski definition) is 0. The summed E-state index contributed by atoms with van der Waals surface area (Å²) in [6, 6.07) is 0.436. The number of carbonyl (C=O) groups is 1. The van der Waals surface area contributed by atoms with Crippen LogP contribution >= 0.6 is 0 Å². The topological polar surface area (TPSA) is 90.6 Å². The van der Waals surface area contributed by atoms with Gasteiger partial charge in [0.2, 0.25) is 5.88 Å². The molecule has 0 bridgehead atoms. The molecule has 0 radical (unpaired) electrons. The predicted molar refractivity (Wildman–Crippen MR) is 80.4 cm³/mol. The molecule has 0 amide bonds. The van der Waals surface area contributed by atoms with Crippen molar-refractivity contribution in [3.05, 3.63) is 30.5 Å². The van der Waals surface area contributed by atoms with Crippen molar-refractivity contribution in [2.75, 3.05) is 24.6 Å². The Morgan fingerprint density at radius 2 is 2.22 bits per heavy atom. The lowest BCUT2D eigenvalue weighted by atomic mass is 10.1. The summed E-state index contributed by atoms with van der Waals surface area (Å²) in [5.41, 5.74) is 0.194. The number of aromatic nitrogens is 3. The van der Waals surface area contributed by atoms with E-state index in [0.29, 0.717) is 18.5 Å². The van der Waals surface area contributed by atoms with Gasteiger partial charge in [-0.25, -0.2) is 9.78 Å². The molecule has 2 aromatic rings. The molecule has 0 unspecified atom stereocenters. The Labute approximate surface area is 133 Å². The summed E-state index contributed by atoms with van der Waals surface area (Å²) in [5.74, 6) is 0.0649. The number of anilines is 1. The highest BCUT2D eigenvalue weighted by molar-refractivity contribution is 5.87. The van der Waals surface area contributed by atoms with E-state index in [-0.39, 0.29) is 11.8 Å². The molecule has 3 rings (SSSR count). The summed E-state index contributed by atoms with van der Waals surface area (Å²) in [7, 11) is 0. The highest BCUT2D eigenvalue weighted by atomic mass is 16.5. The third-order valence-corrected chi connectivity index (χ3v) is 3.52. The van der Waals surface area contributed by atoms with E-state index in [1.807, 2.05) is 4.90 Å². The molecule has 3 heterocycles. The van der Waals surface area contributed by atoms with Crippen LogP contribution in [0.4, 0.5) is 6.01 Å². The van der Waals surface area contributed by atoms with Crippen molar-refractivity contribution in [1.82, 2.24) is 15.0 Å².